The zero-order chi connectivity index (χ0) is 18.6. The molecule has 0 saturated heterocycles. The van der Waals surface area contributed by atoms with Crippen LogP contribution in [0.5, 0.6) is 0 Å². The second-order valence-electron chi connectivity index (χ2n) is 6.85. The van der Waals surface area contributed by atoms with Gasteiger partial charge in [-0.25, -0.2) is 4.98 Å². The summed E-state index contributed by atoms with van der Waals surface area (Å²) in [6, 6.07) is 10.2. The smallest absolute Gasteiger partial charge is 0.252 e. The van der Waals surface area contributed by atoms with Crippen molar-refractivity contribution in [1.29, 1.82) is 0 Å². The molecule has 140 valence electrons. The summed E-state index contributed by atoms with van der Waals surface area (Å²) in [6.45, 7) is 2.77. The van der Waals surface area contributed by atoms with E-state index in [0.717, 1.165) is 25.9 Å². The highest BCUT2D eigenvalue weighted by Gasteiger charge is 2.18. The second-order valence-corrected chi connectivity index (χ2v) is 6.85. The number of aromatic nitrogens is 1. The van der Waals surface area contributed by atoms with Crippen LogP contribution >= 0.6 is 0 Å². The van der Waals surface area contributed by atoms with Gasteiger partial charge in [-0.3, -0.25) is 9.59 Å². The largest absolute Gasteiger partial charge is 0.371 e. The number of amides is 2. The van der Waals surface area contributed by atoms with Gasteiger partial charge in [0, 0.05) is 31.5 Å². The number of hydrogen-bond acceptors (Lipinski definition) is 5. The van der Waals surface area contributed by atoms with Crippen LogP contribution in [0.15, 0.2) is 36.5 Å². The number of fused-ring (bicyclic) bond motifs is 2. The molecule has 0 unspecified atom stereocenters. The minimum Gasteiger partial charge on any atom is -0.371 e. The van der Waals surface area contributed by atoms with Crippen molar-refractivity contribution in [3.8, 4) is 0 Å². The third kappa shape index (κ3) is 3.86. The van der Waals surface area contributed by atoms with Crippen molar-refractivity contribution in [2.24, 2.45) is 0 Å². The molecule has 3 N–H and O–H groups in total. The maximum atomic E-state index is 12.4. The fourth-order valence-electron chi connectivity index (χ4n) is 3.60. The third-order valence-corrected chi connectivity index (χ3v) is 4.94. The lowest BCUT2D eigenvalue weighted by atomic mass is 10.0. The number of anilines is 3. The topological polar surface area (TPSA) is 86.4 Å². The molecule has 4 rings (SSSR count). The summed E-state index contributed by atoms with van der Waals surface area (Å²) in [5.74, 6) is 0.280. The first-order valence-corrected chi connectivity index (χ1v) is 9.35. The van der Waals surface area contributed by atoms with E-state index < -0.39 is 0 Å². The van der Waals surface area contributed by atoms with Gasteiger partial charge in [0.1, 0.15) is 5.82 Å². The molecule has 2 amide bonds. The van der Waals surface area contributed by atoms with Crippen molar-refractivity contribution in [3.63, 3.8) is 0 Å². The van der Waals surface area contributed by atoms with Crippen LogP contribution in [0.2, 0.25) is 0 Å². The van der Waals surface area contributed by atoms with Gasteiger partial charge in [-0.15, -0.1) is 0 Å². The molecule has 0 radical (unpaired) electrons. The van der Waals surface area contributed by atoms with E-state index in [1.165, 1.54) is 23.9 Å². The zero-order valence-electron chi connectivity index (χ0n) is 15.1. The van der Waals surface area contributed by atoms with Crippen molar-refractivity contribution in [3.05, 3.63) is 47.7 Å². The molecule has 0 fully saturated rings. The van der Waals surface area contributed by atoms with Gasteiger partial charge in [0.15, 0.2) is 0 Å². The van der Waals surface area contributed by atoms with Crippen LogP contribution in [0.4, 0.5) is 17.2 Å². The highest BCUT2D eigenvalue weighted by molar-refractivity contribution is 6.02. The van der Waals surface area contributed by atoms with Gasteiger partial charge in [0.05, 0.1) is 17.8 Å². The molecule has 2 aromatic rings. The van der Waals surface area contributed by atoms with Crippen molar-refractivity contribution >= 4 is 29.0 Å². The van der Waals surface area contributed by atoms with Gasteiger partial charge < -0.3 is 20.9 Å². The lowest BCUT2D eigenvalue weighted by Gasteiger charge is -2.31. The van der Waals surface area contributed by atoms with E-state index in [1.54, 1.807) is 6.07 Å². The number of para-hydroxylation sites is 1. The van der Waals surface area contributed by atoms with Crippen molar-refractivity contribution < 1.29 is 9.59 Å². The summed E-state index contributed by atoms with van der Waals surface area (Å²) in [6.07, 6.45) is 4.71. The third-order valence-electron chi connectivity index (χ3n) is 4.94. The summed E-state index contributed by atoms with van der Waals surface area (Å²) < 4.78 is 0. The Morgan fingerprint density at radius 1 is 1.30 bits per heavy atom. The van der Waals surface area contributed by atoms with Gasteiger partial charge in [-0.1, -0.05) is 18.2 Å². The predicted octanol–water partition coefficient (Wildman–Crippen LogP) is 2.02. The molecule has 0 bridgehead atoms. The van der Waals surface area contributed by atoms with E-state index in [9.17, 15) is 9.59 Å². The monoisotopic (exact) mass is 365 g/mol. The molecule has 0 atom stereocenters. The Balaban J connectivity index is 1.29. The molecule has 2 aliphatic rings. The number of nitrogens with zero attached hydrogens (tertiary/aromatic N) is 2. The number of carbonyl (C=O) groups excluding carboxylic acids is 2. The van der Waals surface area contributed by atoms with Crippen LogP contribution < -0.4 is 20.9 Å². The summed E-state index contributed by atoms with van der Waals surface area (Å²) in [7, 11) is 0. The summed E-state index contributed by atoms with van der Waals surface area (Å²) >= 11 is 0. The van der Waals surface area contributed by atoms with Crippen LogP contribution in [-0.2, 0) is 11.2 Å². The first-order chi connectivity index (χ1) is 13.2. The first-order valence-electron chi connectivity index (χ1n) is 9.35. The Labute approximate surface area is 158 Å². The number of nitrogens with one attached hydrogen (secondary N) is 3. The molecule has 1 aromatic heterocycles. The van der Waals surface area contributed by atoms with E-state index in [-0.39, 0.29) is 18.4 Å². The van der Waals surface area contributed by atoms with Gasteiger partial charge in [0.25, 0.3) is 5.91 Å². The molecule has 3 heterocycles. The lowest BCUT2D eigenvalue weighted by Crippen LogP contribution is -2.33. The van der Waals surface area contributed by atoms with Gasteiger partial charge in [-0.2, -0.15) is 0 Å². The maximum absolute atomic E-state index is 12.4. The normalized spacial score (nSPS) is 15.3. The van der Waals surface area contributed by atoms with Crippen LogP contribution in [0.3, 0.4) is 0 Å². The Hall–Kier alpha value is -3.09. The average molecular weight is 365 g/mol. The lowest BCUT2D eigenvalue weighted by molar-refractivity contribution is -0.114. The van der Waals surface area contributed by atoms with Crippen LogP contribution in [0.25, 0.3) is 0 Å². The van der Waals surface area contributed by atoms with E-state index >= 15 is 0 Å². The molecule has 0 aliphatic carbocycles. The summed E-state index contributed by atoms with van der Waals surface area (Å²) in [5, 5.41) is 8.58. The van der Waals surface area contributed by atoms with Crippen LogP contribution in [-0.4, -0.2) is 43.0 Å². The molecule has 27 heavy (non-hydrogen) atoms. The minimum atomic E-state index is -0.177. The van der Waals surface area contributed by atoms with Crippen molar-refractivity contribution in [1.82, 2.24) is 10.3 Å². The molecule has 0 spiro atoms. The van der Waals surface area contributed by atoms with E-state index in [4.69, 9.17) is 0 Å². The summed E-state index contributed by atoms with van der Waals surface area (Å²) in [5.41, 5.74) is 3.71. The quantitative estimate of drug-likeness (QED) is 0.706. The van der Waals surface area contributed by atoms with E-state index in [0.29, 0.717) is 23.6 Å². The van der Waals surface area contributed by atoms with Gasteiger partial charge >= 0.3 is 0 Å². The zero-order valence-corrected chi connectivity index (χ0v) is 15.1. The number of pyridine rings is 1. The number of aryl methyl sites for hydroxylation is 1. The molecule has 0 saturated carbocycles. The molecular formula is C20H23N5O2. The summed E-state index contributed by atoms with van der Waals surface area (Å²) in [4.78, 5) is 30.4. The Kier molecular flexibility index (Phi) is 4.91. The molecular weight excluding hydrogens is 342 g/mol. The van der Waals surface area contributed by atoms with Crippen LogP contribution in [0, 0.1) is 0 Å². The molecule has 7 nitrogen and oxygen atoms in total. The van der Waals surface area contributed by atoms with E-state index in [1.807, 2.05) is 0 Å². The first kappa shape index (κ1) is 17.3. The maximum Gasteiger partial charge on any atom is 0.252 e. The Bertz CT molecular complexity index is 867. The number of benzene rings is 1. The number of hydrogen-bond donors (Lipinski definition) is 3. The fourth-order valence-corrected chi connectivity index (χ4v) is 3.60. The Morgan fingerprint density at radius 2 is 2.19 bits per heavy atom. The highest BCUT2D eigenvalue weighted by Crippen LogP contribution is 2.26. The van der Waals surface area contributed by atoms with Crippen LogP contribution in [0.1, 0.15) is 28.8 Å². The SMILES string of the molecule is O=C1CNc2ncc(C(=O)NCCCN3CCCc4ccccc43)cc2N1. The Morgan fingerprint density at radius 3 is 3.11 bits per heavy atom. The van der Waals surface area contributed by atoms with Crippen molar-refractivity contribution in [2.45, 2.75) is 19.3 Å². The minimum absolute atomic E-state index is 0.135. The molecule has 1 aromatic carbocycles. The highest BCUT2D eigenvalue weighted by atomic mass is 16.2. The van der Waals surface area contributed by atoms with Crippen molar-refractivity contribution in [2.75, 3.05) is 41.7 Å². The van der Waals surface area contributed by atoms with Gasteiger partial charge in [0.2, 0.25) is 5.91 Å². The average Bonchev–Trinajstić information content (AvgIpc) is 2.70. The second kappa shape index (κ2) is 7.65. The van der Waals surface area contributed by atoms with Gasteiger partial charge in [-0.05, 0) is 37.0 Å². The standard InChI is InChI=1S/C20H23N5O2/c26-18-13-23-19-16(24-18)11-15(12-22-19)20(27)21-8-4-10-25-9-3-6-14-5-1-2-7-17(14)25/h1-2,5,7,11-12H,3-4,6,8-10,13H2,(H,21,27)(H,22,23)(H,24,26). The number of rotatable bonds is 5. The fraction of sp³-hybridized carbons (Fsp3) is 0.350. The molecule has 7 heteroatoms. The predicted molar refractivity (Wildman–Crippen MR) is 105 cm³/mol. The molecule has 2 aliphatic heterocycles. The number of carbonyl (C=O) groups is 2. The van der Waals surface area contributed by atoms with E-state index in [2.05, 4.69) is 50.1 Å².